The third kappa shape index (κ3) is 3.74. The van der Waals surface area contributed by atoms with Gasteiger partial charge >= 0.3 is 5.97 Å². The van der Waals surface area contributed by atoms with Gasteiger partial charge in [-0.2, -0.15) is 0 Å². The fraction of sp³-hybridized carbons (Fsp3) is 0.364. The lowest BCUT2D eigenvalue weighted by Crippen LogP contribution is -2.29. The molecule has 17 heavy (non-hydrogen) atoms. The van der Waals surface area contributed by atoms with Gasteiger partial charge in [0.25, 0.3) is 0 Å². The van der Waals surface area contributed by atoms with E-state index in [1.807, 2.05) is 19.6 Å². The van der Waals surface area contributed by atoms with Crippen molar-refractivity contribution >= 4 is 30.2 Å². The topological polar surface area (TPSA) is 55.8 Å². The number of carboxylic acid groups (broad SMARTS) is 1. The highest BCUT2D eigenvalue weighted by Crippen LogP contribution is 2.38. The predicted molar refractivity (Wildman–Crippen MR) is 71.6 cm³/mol. The Hall–Kier alpha value is -1.01. The van der Waals surface area contributed by atoms with Crippen molar-refractivity contribution in [2.24, 2.45) is 0 Å². The van der Waals surface area contributed by atoms with Crippen molar-refractivity contribution in [1.29, 1.82) is 0 Å². The monoisotopic (exact) mass is 318 g/mol. The third-order valence-electron chi connectivity index (χ3n) is 1.88. The number of carbonyl (C=O) groups is 1. The Balaban J connectivity index is 3.26. The average Bonchev–Trinajstić information content (AvgIpc) is 2.18. The molecule has 1 aromatic carbocycles. The highest BCUT2D eigenvalue weighted by atomic mass is 79.9. The largest absolute Gasteiger partial charge is 0.541 e. The highest BCUT2D eigenvalue weighted by Gasteiger charge is 2.22. The second-order valence-corrected chi connectivity index (χ2v) is 9.79. The van der Waals surface area contributed by atoms with Crippen molar-refractivity contribution < 1.29 is 19.1 Å². The van der Waals surface area contributed by atoms with Crippen LogP contribution in [-0.2, 0) is 0 Å². The molecule has 1 N–H and O–H groups in total. The van der Waals surface area contributed by atoms with Crippen molar-refractivity contribution in [3.8, 4) is 11.5 Å². The molecule has 0 aliphatic carbocycles. The van der Waals surface area contributed by atoms with Crippen molar-refractivity contribution in [3.63, 3.8) is 0 Å². The van der Waals surface area contributed by atoms with Crippen LogP contribution in [0.25, 0.3) is 0 Å². The Morgan fingerprint density at radius 3 is 2.35 bits per heavy atom. The molecule has 0 unspecified atom stereocenters. The minimum atomic E-state index is -1.78. The molecular formula is C11H15BrO4Si. The first-order valence-electron chi connectivity index (χ1n) is 5.04. The van der Waals surface area contributed by atoms with Crippen LogP contribution in [0.4, 0.5) is 0 Å². The molecule has 1 aromatic rings. The number of ether oxygens (including phenoxy) is 1. The lowest BCUT2D eigenvalue weighted by molar-refractivity contribution is 0.0696. The van der Waals surface area contributed by atoms with Gasteiger partial charge < -0.3 is 14.3 Å². The average molecular weight is 319 g/mol. The molecule has 1 rings (SSSR count). The van der Waals surface area contributed by atoms with Crippen LogP contribution in [0.3, 0.4) is 0 Å². The Kier molecular flexibility index (Phi) is 4.21. The summed E-state index contributed by atoms with van der Waals surface area (Å²) in [6.45, 7) is 6.14. The van der Waals surface area contributed by atoms with Crippen LogP contribution in [0.15, 0.2) is 16.6 Å². The summed E-state index contributed by atoms with van der Waals surface area (Å²) in [6.07, 6.45) is 0. The van der Waals surface area contributed by atoms with E-state index >= 15 is 0 Å². The van der Waals surface area contributed by atoms with E-state index in [1.54, 1.807) is 0 Å². The smallest absolute Gasteiger partial charge is 0.335 e. The fourth-order valence-electron chi connectivity index (χ4n) is 1.25. The second-order valence-electron chi connectivity index (χ2n) is 4.51. The van der Waals surface area contributed by atoms with Crippen molar-refractivity contribution in [2.45, 2.75) is 19.6 Å². The van der Waals surface area contributed by atoms with E-state index in [0.717, 1.165) is 0 Å². The standard InChI is InChI=1S/C11H15BrO4Si/c1-15-9-6-7(11(13)14)5-8(12)10(9)16-17(2,3)4/h5-6H,1-4H3,(H,13,14). The number of hydrogen-bond acceptors (Lipinski definition) is 3. The van der Waals surface area contributed by atoms with Crippen LogP contribution >= 0.6 is 15.9 Å². The fourth-order valence-corrected chi connectivity index (χ4v) is 2.74. The van der Waals surface area contributed by atoms with Crippen LogP contribution in [0, 0.1) is 0 Å². The minimum Gasteiger partial charge on any atom is -0.541 e. The first-order chi connectivity index (χ1) is 7.74. The quantitative estimate of drug-likeness (QED) is 0.865. The summed E-state index contributed by atoms with van der Waals surface area (Å²) in [7, 11) is -0.289. The summed E-state index contributed by atoms with van der Waals surface area (Å²) in [5.41, 5.74) is 0.164. The Bertz CT molecular complexity index is 440. The van der Waals surface area contributed by atoms with Gasteiger partial charge in [-0.3, -0.25) is 0 Å². The first kappa shape index (κ1) is 14.0. The number of carboxylic acids is 1. The van der Waals surface area contributed by atoms with Gasteiger partial charge in [0.2, 0.25) is 8.32 Å². The van der Waals surface area contributed by atoms with E-state index in [9.17, 15) is 4.79 Å². The van der Waals surface area contributed by atoms with E-state index < -0.39 is 14.3 Å². The summed E-state index contributed by atoms with van der Waals surface area (Å²) < 4.78 is 11.6. The number of rotatable bonds is 4. The van der Waals surface area contributed by atoms with E-state index in [1.165, 1.54) is 19.2 Å². The summed E-state index contributed by atoms with van der Waals surface area (Å²) in [5.74, 6) is -0.000537. The molecule has 6 heteroatoms. The van der Waals surface area contributed by atoms with Gasteiger partial charge in [0, 0.05) is 0 Å². The third-order valence-corrected chi connectivity index (χ3v) is 3.29. The molecule has 0 amide bonds. The molecule has 0 heterocycles. The minimum absolute atomic E-state index is 0.164. The molecule has 0 fully saturated rings. The maximum absolute atomic E-state index is 10.9. The Labute approximate surface area is 110 Å². The number of benzene rings is 1. The summed E-state index contributed by atoms with van der Waals surface area (Å²) in [4.78, 5) is 10.9. The number of hydrogen-bond donors (Lipinski definition) is 1. The molecule has 0 atom stereocenters. The van der Waals surface area contributed by atoms with Crippen LogP contribution < -0.4 is 9.16 Å². The molecule has 0 aromatic heterocycles. The molecule has 4 nitrogen and oxygen atoms in total. The van der Waals surface area contributed by atoms with E-state index in [0.29, 0.717) is 16.0 Å². The molecule has 0 saturated carbocycles. The lowest BCUT2D eigenvalue weighted by Gasteiger charge is -2.22. The van der Waals surface area contributed by atoms with Crippen LogP contribution in [0.5, 0.6) is 11.5 Å². The normalized spacial score (nSPS) is 11.1. The van der Waals surface area contributed by atoms with Gasteiger partial charge in [-0.15, -0.1) is 0 Å². The molecule has 0 aliphatic rings. The van der Waals surface area contributed by atoms with Gasteiger partial charge in [0.1, 0.15) is 0 Å². The second kappa shape index (κ2) is 5.10. The van der Waals surface area contributed by atoms with Crippen LogP contribution in [-0.4, -0.2) is 26.5 Å². The Morgan fingerprint density at radius 1 is 1.35 bits per heavy atom. The number of halogens is 1. The van der Waals surface area contributed by atoms with Crippen molar-refractivity contribution in [3.05, 3.63) is 22.2 Å². The van der Waals surface area contributed by atoms with Gasteiger partial charge in [-0.25, -0.2) is 4.79 Å². The molecule has 0 saturated heterocycles. The van der Waals surface area contributed by atoms with Crippen molar-refractivity contribution in [2.75, 3.05) is 7.11 Å². The Morgan fingerprint density at radius 2 is 1.94 bits per heavy atom. The maximum atomic E-state index is 10.9. The number of aromatic carboxylic acids is 1. The zero-order valence-electron chi connectivity index (χ0n) is 10.2. The molecule has 0 spiro atoms. The summed E-state index contributed by atoms with van der Waals surface area (Å²) in [5, 5.41) is 8.94. The molecule has 0 bridgehead atoms. The SMILES string of the molecule is COc1cc(C(=O)O)cc(Br)c1O[Si](C)(C)C. The predicted octanol–water partition coefficient (Wildman–Crippen LogP) is 3.37. The first-order valence-corrected chi connectivity index (χ1v) is 9.24. The summed E-state index contributed by atoms with van der Waals surface area (Å²) >= 11 is 3.31. The van der Waals surface area contributed by atoms with E-state index in [-0.39, 0.29) is 5.56 Å². The molecule has 0 radical (unpaired) electrons. The van der Waals surface area contributed by atoms with Crippen molar-refractivity contribution in [1.82, 2.24) is 0 Å². The molecular weight excluding hydrogens is 304 g/mol. The highest BCUT2D eigenvalue weighted by molar-refractivity contribution is 9.10. The van der Waals surface area contributed by atoms with E-state index in [4.69, 9.17) is 14.3 Å². The molecule has 0 aliphatic heterocycles. The lowest BCUT2D eigenvalue weighted by atomic mass is 10.2. The maximum Gasteiger partial charge on any atom is 0.335 e. The van der Waals surface area contributed by atoms with Gasteiger partial charge in [-0.05, 0) is 47.7 Å². The van der Waals surface area contributed by atoms with E-state index in [2.05, 4.69) is 15.9 Å². The zero-order valence-corrected chi connectivity index (χ0v) is 12.8. The molecule has 94 valence electrons. The van der Waals surface area contributed by atoms with Gasteiger partial charge in [0.05, 0.1) is 17.1 Å². The summed E-state index contributed by atoms with van der Waals surface area (Å²) in [6, 6.07) is 2.98. The zero-order chi connectivity index (χ0) is 13.2. The van der Waals surface area contributed by atoms with Crippen LogP contribution in [0.1, 0.15) is 10.4 Å². The number of methoxy groups -OCH3 is 1. The van der Waals surface area contributed by atoms with Gasteiger partial charge in [-0.1, -0.05) is 0 Å². The van der Waals surface area contributed by atoms with Crippen LogP contribution in [0.2, 0.25) is 19.6 Å². The van der Waals surface area contributed by atoms with Gasteiger partial charge in [0.15, 0.2) is 11.5 Å².